The number of benzene rings is 1. The van der Waals surface area contributed by atoms with E-state index in [4.69, 9.17) is 5.11 Å². The van der Waals surface area contributed by atoms with E-state index in [1.807, 2.05) is 0 Å². The van der Waals surface area contributed by atoms with E-state index in [1.54, 1.807) is 36.0 Å². The first-order valence-electron chi connectivity index (χ1n) is 5.02. The fourth-order valence-corrected chi connectivity index (χ4v) is 1.58. The zero-order valence-corrected chi connectivity index (χ0v) is 9.20. The Morgan fingerprint density at radius 1 is 1.47 bits per heavy atom. The molecule has 0 radical (unpaired) electrons. The van der Waals surface area contributed by atoms with Gasteiger partial charge in [-0.3, -0.25) is 10.1 Å². The smallest absolute Gasteiger partial charge is 0.272 e. The molecule has 88 valence electrons. The van der Waals surface area contributed by atoms with Crippen LogP contribution in [0.3, 0.4) is 0 Å². The van der Waals surface area contributed by atoms with Gasteiger partial charge in [-0.05, 0) is 25.1 Å². The third-order valence-electron chi connectivity index (χ3n) is 2.45. The van der Waals surface area contributed by atoms with Gasteiger partial charge < -0.3 is 5.11 Å². The van der Waals surface area contributed by atoms with Gasteiger partial charge in [-0.1, -0.05) is 0 Å². The minimum absolute atomic E-state index is 0.0864. The number of rotatable bonds is 3. The molecule has 1 aromatic carbocycles. The minimum atomic E-state index is -0.415. The molecule has 6 heteroatoms. The maximum Gasteiger partial charge on any atom is 0.272 e. The number of aliphatic hydroxyl groups is 1. The lowest BCUT2D eigenvalue weighted by molar-refractivity contribution is -0.385. The van der Waals surface area contributed by atoms with Crippen LogP contribution in [0.4, 0.5) is 5.69 Å². The third kappa shape index (κ3) is 2.16. The van der Waals surface area contributed by atoms with Gasteiger partial charge in [-0.15, -0.1) is 0 Å². The van der Waals surface area contributed by atoms with Crippen LogP contribution in [0.5, 0.6) is 0 Å². The minimum Gasteiger partial charge on any atom is -0.390 e. The van der Waals surface area contributed by atoms with Gasteiger partial charge in [0.05, 0.1) is 22.9 Å². The first-order valence-corrected chi connectivity index (χ1v) is 5.02. The highest BCUT2D eigenvalue weighted by molar-refractivity contribution is 5.47. The maximum absolute atomic E-state index is 10.7. The van der Waals surface area contributed by atoms with Crippen molar-refractivity contribution in [3.8, 4) is 5.69 Å². The number of nitrogens with zero attached hydrogens (tertiary/aromatic N) is 3. The Morgan fingerprint density at radius 2 is 2.24 bits per heavy atom. The number of nitro groups is 1. The van der Waals surface area contributed by atoms with E-state index in [0.717, 1.165) is 5.69 Å². The number of aryl methyl sites for hydroxylation is 1. The van der Waals surface area contributed by atoms with Crippen LogP contribution in [-0.2, 0) is 6.61 Å². The summed E-state index contributed by atoms with van der Waals surface area (Å²) in [5.41, 5.74) is 1.95. The highest BCUT2D eigenvalue weighted by atomic mass is 16.6. The molecule has 0 spiro atoms. The molecule has 1 heterocycles. The lowest BCUT2D eigenvalue weighted by Crippen LogP contribution is -1.98. The van der Waals surface area contributed by atoms with Crippen LogP contribution in [0.1, 0.15) is 11.3 Å². The van der Waals surface area contributed by atoms with E-state index in [9.17, 15) is 10.1 Å². The van der Waals surface area contributed by atoms with E-state index in [2.05, 4.69) is 5.10 Å². The molecule has 0 aliphatic heterocycles. The summed E-state index contributed by atoms with van der Waals surface area (Å²) in [6.07, 6.45) is 1.70. The average Bonchev–Trinajstić information content (AvgIpc) is 2.76. The van der Waals surface area contributed by atoms with Crippen LogP contribution in [0.15, 0.2) is 30.5 Å². The SMILES string of the molecule is Cc1cc(-n2ccc(CO)n2)ccc1[N+](=O)[O-]. The second-order valence-corrected chi connectivity index (χ2v) is 3.64. The zero-order chi connectivity index (χ0) is 12.4. The van der Waals surface area contributed by atoms with Crippen LogP contribution < -0.4 is 0 Å². The topological polar surface area (TPSA) is 81.2 Å². The first kappa shape index (κ1) is 11.3. The Labute approximate surface area is 97.3 Å². The summed E-state index contributed by atoms with van der Waals surface area (Å²) >= 11 is 0. The van der Waals surface area contributed by atoms with Crippen LogP contribution in [-0.4, -0.2) is 19.8 Å². The van der Waals surface area contributed by atoms with Gasteiger partial charge in [0.1, 0.15) is 0 Å². The zero-order valence-electron chi connectivity index (χ0n) is 9.20. The molecule has 17 heavy (non-hydrogen) atoms. The van der Waals surface area contributed by atoms with Gasteiger partial charge >= 0.3 is 0 Å². The normalized spacial score (nSPS) is 10.5. The molecule has 0 saturated carbocycles. The second kappa shape index (κ2) is 4.34. The van der Waals surface area contributed by atoms with Gasteiger partial charge in [-0.2, -0.15) is 5.10 Å². The maximum atomic E-state index is 10.7. The number of nitro benzene ring substituents is 1. The average molecular weight is 233 g/mol. The fourth-order valence-electron chi connectivity index (χ4n) is 1.58. The van der Waals surface area contributed by atoms with Crippen molar-refractivity contribution in [2.24, 2.45) is 0 Å². The molecule has 6 nitrogen and oxygen atoms in total. The molecular weight excluding hydrogens is 222 g/mol. The van der Waals surface area contributed by atoms with E-state index < -0.39 is 4.92 Å². The lowest BCUT2D eigenvalue weighted by atomic mass is 10.2. The van der Waals surface area contributed by atoms with E-state index in [1.165, 1.54) is 6.07 Å². The molecule has 1 aromatic heterocycles. The molecule has 0 unspecified atom stereocenters. The molecule has 0 aliphatic carbocycles. The van der Waals surface area contributed by atoms with Crippen LogP contribution in [0, 0.1) is 17.0 Å². The Hall–Kier alpha value is -2.21. The van der Waals surface area contributed by atoms with Crippen molar-refractivity contribution in [1.29, 1.82) is 0 Å². The summed E-state index contributed by atoms with van der Waals surface area (Å²) in [7, 11) is 0. The Kier molecular flexibility index (Phi) is 2.88. The van der Waals surface area contributed by atoms with Gasteiger partial charge in [0.15, 0.2) is 0 Å². The highest BCUT2D eigenvalue weighted by Crippen LogP contribution is 2.20. The summed E-state index contributed by atoms with van der Waals surface area (Å²) in [5, 5.41) is 23.7. The van der Waals surface area contributed by atoms with Gasteiger partial charge in [-0.25, -0.2) is 4.68 Å². The fraction of sp³-hybridized carbons (Fsp3) is 0.182. The summed E-state index contributed by atoms with van der Waals surface area (Å²) in [4.78, 5) is 10.3. The molecule has 0 saturated heterocycles. The highest BCUT2D eigenvalue weighted by Gasteiger charge is 2.11. The summed E-state index contributed by atoms with van der Waals surface area (Å²) in [6.45, 7) is 1.55. The Morgan fingerprint density at radius 3 is 2.76 bits per heavy atom. The van der Waals surface area contributed by atoms with Crippen LogP contribution in [0.25, 0.3) is 5.69 Å². The monoisotopic (exact) mass is 233 g/mol. The number of hydrogen-bond acceptors (Lipinski definition) is 4. The van der Waals surface area contributed by atoms with Gasteiger partial charge in [0.25, 0.3) is 5.69 Å². The number of hydrogen-bond donors (Lipinski definition) is 1. The van der Waals surface area contributed by atoms with Crippen molar-refractivity contribution in [2.45, 2.75) is 13.5 Å². The van der Waals surface area contributed by atoms with Crippen molar-refractivity contribution in [3.63, 3.8) is 0 Å². The molecule has 0 bridgehead atoms. The predicted octanol–water partition coefficient (Wildman–Crippen LogP) is 1.58. The molecule has 0 atom stereocenters. The quantitative estimate of drug-likeness (QED) is 0.644. The summed E-state index contributed by atoms with van der Waals surface area (Å²) < 4.78 is 1.57. The van der Waals surface area contributed by atoms with Crippen molar-refractivity contribution < 1.29 is 10.0 Å². The van der Waals surface area contributed by atoms with Crippen molar-refractivity contribution in [1.82, 2.24) is 9.78 Å². The van der Waals surface area contributed by atoms with E-state index >= 15 is 0 Å². The van der Waals surface area contributed by atoms with Gasteiger partial charge in [0.2, 0.25) is 0 Å². The van der Waals surface area contributed by atoms with Crippen molar-refractivity contribution >= 4 is 5.69 Å². The largest absolute Gasteiger partial charge is 0.390 e. The van der Waals surface area contributed by atoms with Crippen molar-refractivity contribution in [3.05, 3.63) is 51.8 Å². The lowest BCUT2D eigenvalue weighted by Gasteiger charge is -2.03. The molecule has 0 fully saturated rings. The third-order valence-corrected chi connectivity index (χ3v) is 2.45. The van der Waals surface area contributed by atoms with Crippen LogP contribution in [0.2, 0.25) is 0 Å². The predicted molar refractivity (Wildman–Crippen MR) is 60.9 cm³/mol. The molecule has 0 amide bonds. The van der Waals surface area contributed by atoms with Gasteiger partial charge in [0, 0.05) is 17.8 Å². The summed E-state index contributed by atoms with van der Waals surface area (Å²) in [5.74, 6) is 0. The number of aromatic nitrogens is 2. The van der Waals surface area contributed by atoms with Crippen molar-refractivity contribution in [2.75, 3.05) is 0 Å². The molecule has 2 rings (SSSR count). The number of aliphatic hydroxyl groups excluding tert-OH is 1. The second-order valence-electron chi connectivity index (χ2n) is 3.64. The first-order chi connectivity index (χ1) is 8.11. The Bertz CT molecular complexity index is 563. The van der Waals surface area contributed by atoms with E-state index in [0.29, 0.717) is 11.3 Å². The molecular formula is C11H11N3O3. The molecule has 1 N–H and O–H groups in total. The standard InChI is InChI=1S/C11H11N3O3/c1-8-6-10(2-3-11(8)14(16)17)13-5-4-9(7-15)12-13/h2-6,15H,7H2,1H3. The van der Waals surface area contributed by atoms with Crippen LogP contribution >= 0.6 is 0 Å². The molecule has 0 aliphatic rings. The summed E-state index contributed by atoms with van der Waals surface area (Å²) in [6, 6.07) is 6.45. The molecule has 2 aromatic rings. The van der Waals surface area contributed by atoms with E-state index in [-0.39, 0.29) is 12.3 Å². The Balaban J connectivity index is 2.40.